The molecule has 2 heterocycles. The van der Waals surface area contributed by atoms with Gasteiger partial charge < -0.3 is 24.6 Å². The van der Waals surface area contributed by atoms with E-state index in [9.17, 15) is 19.5 Å². The summed E-state index contributed by atoms with van der Waals surface area (Å²) in [5.41, 5.74) is 5.37. The molecule has 2 aliphatic rings. The lowest BCUT2D eigenvalue weighted by molar-refractivity contribution is -0.276. The molecule has 2 aliphatic heterocycles. The lowest BCUT2D eigenvalue weighted by atomic mass is 9.89. The van der Waals surface area contributed by atoms with Gasteiger partial charge in [0.25, 0.3) is 5.91 Å². The number of fused-ring (bicyclic) bond motifs is 3. The molecule has 4 atom stereocenters. The van der Waals surface area contributed by atoms with Gasteiger partial charge in [0.05, 0.1) is 29.9 Å². The standard InChI is InChI=1S/C45H40N2O7/c1-27-40(25-47(2)24-39-35-9-5-3-7-32(35)21-33-8-4-6-10-36(33)39)52-45(53-41(27)30-15-13-29(26-48)14-16-30)31-17-11-28(12-18-31)23-46-42(49)34-19-20-37-38(22-34)44(51)54-43(37)50/h3-22,27,40-41,45,48H,23-26H2,1-2H3,(H,46,49)/t27-,40+,41+,45?/m0/s1. The number of nitrogens with one attached hydrogen (secondary N) is 1. The van der Waals surface area contributed by atoms with Crippen LogP contribution in [-0.4, -0.2) is 47.5 Å². The van der Waals surface area contributed by atoms with Crippen molar-refractivity contribution < 1.29 is 33.7 Å². The molecule has 9 heteroatoms. The molecule has 1 amide bonds. The first-order valence-electron chi connectivity index (χ1n) is 18.1. The number of benzene rings is 6. The highest BCUT2D eigenvalue weighted by atomic mass is 16.7. The lowest BCUT2D eigenvalue weighted by Crippen LogP contribution is -2.43. The fraction of sp³-hybridized carbons (Fsp3) is 0.222. The van der Waals surface area contributed by atoms with Gasteiger partial charge in [0.15, 0.2) is 6.29 Å². The Hall–Kier alpha value is -5.71. The number of carbonyl (C=O) groups is 3. The molecule has 9 nitrogen and oxygen atoms in total. The van der Waals surface area contributed by atoms with Crippen molar-refractivity contribution in [2.75, 3.05) is 13.6 Å². The molecule has 2 N–H and O–H groups in total. The third kappa shape index (κ3) is 7.02. The molecule has 1 saturated heterocycles. The first-order valence-corrected chi connectivity index (χ1v) is 18.1. The number of aliphatic hydroxyl groups is 1. The van der Waals surface area contributed by atoms with Crippen LogP contribution >= 0.6 is 0 Å². The number of hydrogen-bond donors (Lipinski definition) is 2. The summed E-state index contributed by atoms with van der Waals surface area (Å²) in [5, 5.41) is 17.5. The van der Waals surface area contributed by atoms with E-state index in [-0.39, 0.29) is 53.9 Å². The van der Waals surface area contributed by atoms with Crippen molar-refractivity contribution in [3.63, 3.8) is 0 Å². The van der Waals surface area contributed by atoms with Crippen LogP contribution < -0.4 is 5.32 Å². The van der Waals surface area contributed by atoms with Gasteiger partial charge in [-0.15, -0.1) is 0 Å². The summed E-state index contributed by atoms with van der Waals surface area (Å²) in [6.45, 7) is 3.80. The predicted octanol–water partition coefficient (Wildman–Crippen LogP) is 7.65. The molecule has 8 rings (SSSR count). The quantitative estimate of drug-likeness (QED) is 0.0843. The summed E-state index contributed by atoms with van der Waals surface area (Å²) in [5.74, 6) is -1.82. The van der Waals surface area contributed by atoms with E-state index in [1.165, 1.54) is 45.3 Å². The van der Waals surface area contributed by atoms with E-state index in [4.69, 9.17) is 9.47 Å². The van der Waals surface area contributed by atoms with Crippen molar-refractivity contribution in [3.05, 3.63) is 166 Å². The van der Waals surface area contributed by atoms with Gasteiger partial charge in [0.1, 0.15) is 0 Å². The zero-order chi connectivity index (χ0) is 37.3. The van der Waals surface area contributed by atoms with Crippen molar-refractivity contribution in [2.24, 2.45) is 5.92 Å². The number of ether oxygens (including phenoxy) is 3. The monoisotopic (exact) mass is 720 g/mol. The number of aliphatic hydroxyl groups excluding tert-OH is 1. The highest BCUT2D eigenvalue weighted by Crippen LogP contribution is 2.42. The molecule has 6 aromatic carbocycles. The van der Waals surface area contributed by atoms with E-state index in [0.29, 0.717) is 6.54 Å². The predicted molar refractivity (Wildman–Crippen MR) is 205 cm³/mol. The highest BCUT2D eigenvalue weighted by molar-refractivity contribution is 6.15. The number of nitrogens with zero attached hydrogens (tertiary/aromatic N) is 1. The SMILES string of the molecule is C[C@H]1[C@@H](CN(C)Cc2c3ccccc3cc3ccccc23)OC(c2ccc(CNC(=O)c3ccc4c(c3)C(=O)OC4=O)cc2)O[C@H]1c1ccc(CO)cc1. The van der Waals surface area contributed by atoms with Crippen LogP contribution in [0.5, 0.6) is 0 Å². The Morgan fingerprint density at radius 2 is 1.37 bits per heavy atom. The molecule has 6 aromatic rings. The fourth-order valence-corrected chi connectivity index (χ4v) is 7.55. The third-order valence-electron chi connectivity index (χ3n) is 10.5. The molecule has 0 saturated carbocycles. The summed E-state index contributed by atoms with van der Waals surface area (Å²) in [7, 11) is 2.14. The summed E-state index contributed by atoms with van der Waals surface area (Å²) in [4.78, 5) is 39.0. The van der Waals surface area contributed by atoms with Gasteiger partial charge in [-0.25, -0.2) is 9.59 Å². The van der Waals surface area contributed by atoms with E-state index in [1.807, 2.05) is 48.5 Å². The number of rotatable bonds is 10. The van der Waals surface area contributed by atoms with E-state index >= 15 is 0 Å². The highest BCUT2D eigenvalue weighted by Gasteiger charge is 2.39. The second-order valence-corrected chi connectivity index (χ2v) is 14.2. The molecule has 0 bridgehead atoms. The van der Waals surface area contributed by atoms with E-state index in [0.717, 1.165) is 28.8 Å². The van der Waals surface area contributed by atoms with E-state index < -0.39 is 18.2 Å². The minimum absolute atomic E-state index is 0.0154. The normalized spacial score (nSPS) is 19.6. The molecule has 0 radical (unpaired) electrons. The van der Waals surface area contributed by atoms with Gasteiger partial charge >= 0.3 is 11.9 Å². The summed E-state index contributed by atoms with van der Waals surface area (Å²) >= 11 is 0. The van der Waals surface area contributed by atoms with Gasteiger partial charge in [-0.1, -0.05) is 104 Å². The fourth-order valence-electron chi connectivity index (χ4n) is 7.55. The molecule has 0 aromatic heterocycles. The van der Waals surface area contributed by atoms with Gasteiger partial charge in [-0.3, -0.25) is 9.69 Å². The van der Waals surface area contributed by atoms with Crippen molar-refractivity contribution in [1.29, 1.82) is 0 Å². The summed E-state index contributed by atoms with van der Waals surface area (Å²) in [6, 6.07) is 39.3. The Morgan fingerprint density at radius 3 is 2.06 bits per heavy atom. The van der Waals surface area contributed by atoms with Gasteiger partial charge in [-0.05, 0) is 75.1 Å². The molecular formula is C45H40N2O7. The van der Waals surface area contributed by atoms with Crippen molar-refractivity contribution in [2.45, 2.75) is 45.1 Å². The zero-order valence-corrected chi connectivity index (χ0v) is 30.0. The zero-order valence-electron chi connectivity index (χ0n) is 30.0. The average molecular weight is 721 g/mol. The molecule has 1 fully saturated rings. The van der Waals surface area contributed by atoms with Crippen LogP contribution in [0, 0.1) is 5.92 Å². The Kier molecular flexibility index (Phi) is 9.79. The molecule has 1 unspecified atom stereocenters. The van der Waals surface area contributed by atoms with E-state index in [1.54, 1.807) is 0 Å². The third-order valence-corrected chi connectivity index (χ3v) is 10.5. The van der Waals surface area contributed by atoms with Crippen molar-refractivity contribution in [1.82, 2.24) is 10.2 Å². The van der Waals surface area contributed by atoms with Crippen molar-refractivity contribution in [3.8, 4) is 0 Å². The van der Waals surface area contributed by atoms with E-state index in [2.05, 4.69) is 83.5 Å². The summed E-state index contributed by atoms with van der Waals surface area (Å²) < 4.78 is 18.1. The van der Waals surface area contributed by atoms with Crippen LogP contribution in [0.25, 0.3) is 21.5 Å². The maximum atomic E-state index is 12.9. The smallest absolute Gasteiger partial charge is 0.346 e. The van der Waals surface area contributed by atoms with Crippen LogP contribution in [0.1, 0.15) is 78.2 Å². The largest absolute Gasteiger partial charge is 0.392 e. The number of carbonyl (C=O) groups excluding carboxylic acids is 3. The summed E-state index contributed by atoms with van der Waals surface area (Å²) in [6.07, 6.45) is -1.07. The number of likely N-dealkylation sites (N-methyl/N-ethyl adjacent to an activating group) is 1. The molecule has 0 spiro atoms. The van der Waals surface area contributed by atoms with Crippen LogP contribution in [0.2, 0.25) is 0 Å². The second-order valence-electron chi connectivity index (χ2n) is 14.2. The number of hydrogen-bond acceptors (Lipinski definition) is 8. The van der Waals surface area contributed by atoms with Crippen LogP contribution in [0.4, 0.5) is 0 Å². The molecule has 272 valence electrons. The first-order chi connectivity index (χ1) is 26.2. The van der Waals surface area contributed by atoms with Gasteiger partial charge in [0.2, 0.25) is 0 Å². The molecule has 0 aliphatic carbocycles. The Labute approximate surface area is 313 Å². The lowest BCUT2D eigenvalue weighted by Gasteiger charge is -2.42. The average Bonchev–Trinajstić information content (AvgIpc) is 3.49. The second kappa shape index (κ2) is 15.0. The van der Waals surface area contributed by atoms with Crippen LogP contribution in [0.3, 0.4) is 0 Å². The molecule has 54 heavy (non-hydrogen) atoms. The molecular weight excluding hydrogens is 681 g/mol. The number of cyclic esters (lactones) is 2. The number of esters is 2. The minimum Gasteiger partial charge on any atom is -0.392 e. The maximum Gasteiger partial charge on any atom is 0.346 e. The Bertz CT molecular complexity index is 2320. The first kappa shape index (κ1) is 35.3. The van der Waals surface area contributed by atoms with Crippen molar-refractivity contribution >= 4 is 39.4 Å². The Morgan fingerprint density at radius 1 is 0.741 bits per heavy atom. The Balaban J connectivity index is 1.00. The maximum absolute atomic E-state index is 12.9. The number of amides is 1. The van der Waals surface area contributed by atoms with Gasteiger partial charge in [0, 0.05) is 36.7 Å². The minimum atomic E-state index is -0.751. The topological polar surface area (TPSA) is 114 Å². The van der Waals surface area contributed by atoms with Crippen LogP contribution in [0.15, 0.2) is 121 Å². The van der Waals surface area contributed by atoms with Crippen LogP contribution in [-0.2, 0) is 33.9 Å². The van der Waals surface area contributed by atoms with Gasteiger partial charge in [-0.2, -0.15) is 0 Å².